The van der Waals surface area contributed by atoms with Gasteiger partial charge in [0.2, 0.25) is 0 Å². The van der Waals surface area contributed by atoms with Crippen molar-refractivity contribution in [3.63, 3.8) is 0 Å². The van der Waals surface area contributed by atoms with Gasteiger partial charge in [-0.05, 0) is 19.8 Å². The quantitative estimate of drug-likeness (QED) is 0.749. The van der Waals surface area contributed by atoms with Gasteiger partial charge in [0.25, 0.3) is 0 Å². The van der Waals surface area contributed by atoms with Crippen molar-refractivity contribution in [2.75, 3.05) is 0 Å². The van der Waals surface area contributed by atoms with Gasteiger partial charge in [0.1, 0.15) is 17.1 Å². The third-order valence-electron chi connectivity index (χ3n) is 3.25. The van der Waals surface area contributed by atoms with E-state index in [-0.39, 0.29) is 11.2 Å². The monoisotopic (exact) mass is 208 g/mol. The molecule has 1 aliphatic heterocycles. The van der Waals surface area contributed by atoms with E-state index in [1.54, 1.807) is 6.92 Å². The van der Waals surface area contributed by atoms with Crippen LogP contribution in [0.4, 0.5) is 0 Å². The molecule has 82 valence electrons. The molecule has 0 bridgehead atoms. The van der Waals surface area contributed by atoms with Crippen LogP contribution in [0.25, 0.3) is 0 Å². The molecule has 1 aliphatic rings. The first-order chi connectivity index (χ1) is 7.10. The summed E-state index contributed by atoms with van der Waals surface area (Å²) in [6, 6.07) is 1.81. The van der Waals surface area contributed by atoms with Crippen molar-refractivity contribution in [3.8, 4) is 5.75 Å². The molecule has 0 unspecified atom stereocenters. The van der Waals surface area contributed by atoms with Crippen molar-refractivity contribution >= 4 is 0 Å². The molecule has 0 radical (unpaired) electrons. The molecule has 0 spiro atoms. The van der Waals surface area contributed by atoms with Crippen LogP contribution in [-0.2, 0) is 6.42 Å². The summed E-state index contributed by atoms with van der Waals surface area (Å²) in [5, 5.41) is 0. The summed E-state index contributed by atoms with van der Waals surface area (Å²) in [4.78, 5) is 11.6. The molecule has 0 amide bonds. The zero-order chi connectivity index (χ0) is 11.1. The van der Waals surface area contributed by atoms with Crippen molar-refractivity contribution in [1.82, 2.24) is 0 Å². The van der Waals surface area contributed by atoms with E-state index in [0.717, 1.165) is 12.8 Å². The van der Waals surface area contributed by atoms with Crippen molar-refractivity contribution in [2.45, 2.75) is 45.6 Å². The third kappa shape index (κ3) is 1.56. The maximum absolute atomic E-state index is 11.6. The number of rotatable bonds is 2. The van der Waals surface area contributed by atoms with Crippen molar-refractivity contribution in [3.05, 3.63) is 27.8 Å². The predicted molar refractivity (Wildman–Crippen MR) is 57.4 cm³/mol. The molecule has 0 aromatic carbocycles. The Morgan fingerprint density at radius 1 is 1.40 bits per heavy atom. The van der Waals surface area contributed by atoms with Gasteiger partial charge < -0.3 is 9.15 Å². The molecule has 3 nitrogen and oxygen atoms in total. The van der Waals surface area contributed by atoms with Crippen LogP contribution < -0.4 is 10.4 Å². The van der Waals surface area contributed by atoms with Crippen LogP contribution in [0, 0.1) is 6.92 Å². The van der Waals surface area contributed by atoms with Gasteiger partial charge in [-0.1, -0.05) is 13.8 Å². The molecular weight excluding hydrogens is 192 g/mol. The van der Waals surface area contributed by atoms with Crippen LogP contribution in [0.2, 0.25) is 0 Å². The van der Waals surface area contributed by atoms with E-state index in [9.17, 15) is 4.79 Å². The lowest BCUT2D eigenvalue weighted by Crippen LogP contribution is -2.32. The van der Waals surface area contributed by atoms with E-state index in [1.807, 2.05) is 6.07 Å². The maximum atomic E-state index is 11.6. The SMILES string of the molecule is CCC1(CC)Cc2c(cc(C)oc2=O)O1. The lowest BCUT2D eigenvalue weighted by Gasteiger charge is -2.25. The molecular formula is C12H16O3. The fourth-order valence-electron chi connectivity index (χ4n) is 2.10. The van der Waals surface area contributed by atoms with Crippen LogP contribution in [0.3, 0.4) is 0 Å². The van der Waals surface area contributed by atoms with Crippen LogP contribution in [0.1, 0.15) is 38.0 Å². The summed E-state index contributed by atoms with van der Waals surface area (Å²) in [6.07, 6.45) is 2.51. The molecule has 0 aliphatic carbocycles. The van der Waals surface area contributed by atoms with Gasteiger partial charge in [0.15, 0.2) is 0 Å². The summed E-state index contributed by atoms with van der Waals surface area (Å²) in [5.41, 5.74) is 0.267. The van der Waals surface area contributed by atoms with Gasteiger partial charge in [-0.2, -0.15) is 0 Å². The zero-order valence-electron chi connectivity index (χ0n) is 9.42. The van der Waals surface area contributed by atoms with Crippen molar-refractivity contribution in [2.24, 2.45) is 0 Å². The van der Waals surface area contributed by atoms with Gasteiger partial charge in [-0.25, -0.2) is 4.79 Å². The number of ether oxygens (including phenoxy) is 1. The highest BCUT2D eigenvalue weighted by atomic mass is 16.5. The minimum atomic E-state index is -0.242. The van der Waals surface area contributed by atoms with Crippen LogP contribution >= 0.6 is 0 Å². The topological polar surface area (TPSA) is 39.4 Å². The average molecular weight is 208 g/mol. The van der Waals surface area contributed by atoms with Gasteiger partial charge in [0.05, 0.1) is 5.56 Å². The Morgan fingerprint density at radius 3 is 2.67 bits per heavy atom. The van der Waals surface area contributed by atoms with E-state index in [1.165, 1.54) is 0 Å². The van der Waals surface area contributed by atoms with E-state index in [4.69, 9.17) is 9.15 Å². The highest BCUT2D eigenvalue weighted by Crippen LogP contribution is 2.37. The van der Waals surface area contributed by atoms with E-state index in [2.05, 4.69) is 13.8 Å². The van der Waals surface area contributed by atoms with Gasteiger partial charge in [0, 0.05) is 12.5 Å². The van der Waals surface area contributed by atoms with Crippen LogP contribution in [-0.4, -0.2) is 5.60 Å². The van der Waals surface area contributed by atoms with E-state index in [0.29, 0.717) is 23.5 Å². The Balaban J connectivity index is 2.47. The van der Waals surface area contributed by atoms with E-state index < -0.39 is 0 Å². The molecule has 2 rings (SSSR count). The fourth-order valence-corrected chi connectivity index (χ4v) is 2.10. The first kappa shape index (κ1) is 10.3. The number of hydrogen-bond acceptors (Lipinski definition) is 3. The molecule has 0 saturated heterocycles. The van der Waals surface area contributed by atoms with Crippen molar-refractivity contribution in [1.29, 1.82) is 0 Å². The molecule has 3 heteroatoms. The smallest absolute Gasteiger partial charge is 0.342 e. The van der Waals surface area contributed by atoms with Crippen LogP contribution in [0.5, 0.6) is 5.75 Å². The molecule has 0 atom stereocenters. The molecule has 0 saturated carbocycles. The molecule has 1 aromatic rings. The van der Waals surface area contributed by atoms with Gasteiger partial charge >= 0.3 is 5.63 Å². The number of fused-ring (bicyclic) bond motifs is 1. The molecule has 0 fully saturated rings. The highest BCUT2D eigenvalue weighted by molar-refractivity contribution is 5.37. The number of hydrogen-bond donors (Lipinski definition) is 0. The maximum Gasteiger partial charge on any atom is 0.342 e. The molecule has 1 aromatic heterocycles. The van der Waals surface area contributed by atoms with Crippen molar-refractivity contribution < 1.29 is 9.15 Å². The second kappa shape index (κ2) is 3.40. The highest BCUT2D eigenvalue weighted by Gasteiger charge is 2.38. The second-order valence-electron chi connectivity index (χ2n) is 4.16. The third-order valence-corrected chi connectivity index (χ3v) is 3.25. The molecule has 0 N–H and O–H groups in total. The predicted octanol–water partition coefficient (Wildman–Crippen LogP) is 2.44. The second-order valence-corrected chi connectivity index (χ2v) is 4.16. The normalized spacial score (nSPS) is 17.3. The first-order valence-electron chi connectivity index (χ1n) is 5.43. The lowest BCUT2D eigenvalue weighted by atomic mass is 9.92. The summed E-state index contributed by atoms with van der Waals surface area (Å²) >= 11 is 0. The standard InChI is InChI=1S/C12H16O3/c1-4-12(5-2)7-9-10(15-12)6-8(3)14-11(9)13/h6H,4-5,7H2,1-3H3. The minimum Gasteiger partial charge on any atom is -0.486 e. The molecule has 15 heavy (non-hydrogen) atoms. The Hall–Kier alpha value is -1.25. The zero-order valence-corrected chi connectivity index (χ0v) is 9.42. The van der Waals surface area contributed by atoms with E-state index >= 15 is 0 Å². The fraction of sp³-hybridized carbons (Fsp3) is 0.583. The molecule has 2 heterocycles. The van der Waals surface area contributed by atoms with Crippen LogP contribution in [0.15, 0.2) is 15.3 Å². The summed E-state index contributed by atoms with van der Waals surface area (Å²) in [6.45, 7) is 5.94. The number of aryl methyl sites for hydroxylation is 1. The van der Waals surface area contributed by atoms with Gasteiger partial charge in [-0.3, -0.25) is 0 Å². The minimum absolute atomic E-state index is 0.190. The first-order valence-corrected chi connectivity index (χ1v) is 5.43. The van der Waals surface area contributed by atoms with Gasteiger partial charge in [-0.15, -0.1) is 0 Å². The average Bonchev–Trinajstić information content (AvgIpc) is 2.58. The Morgan fingerprint density at radius 2 is 2.07 bits per heavy atom. The summed E-state index contributed by atoms with van der Waals surface area (Å²) in [5.74, 6) is 1.33. The summed E-state index contributed by atoms with van der Waals surface area (Å²) in [7, 11) is 0. The Bertz CT molecular complexity index is 427. The Kier molecular flexibility index (Phi) is 2.33. The Labute approximate surface area is 89.1 Å². The largest absolute Gasteiger partial charge is 0.486 e. The summed E-state index contributed by atoms with van der Waals surface area (Å²) < 4.78 is 11.0. The lowest BCUT2D eigenvalue weighted by molar-refractivity contribution is 0.0857.